The molecule has 4 nitrogen and oxygen atoms in total. The first kappa shape index (κ1) is 16.9. The van der Waals surface area contributed by atoms with Crippen molar-refractivity contribution in [2.45, 2.75) is 18.8 Å². The van der Waals surface area contributed by atoms with E-state index in [1.165, 1.54) is 12.0 Å². The lowest BCUT2D eigenvalue weighted by atomic mass is 9.90. The average molecular weight is 366 g/mol. The Morgan fingerprint density at radius 1 is 0.821 bits per heavy atom. The summed E-state index contributed by atoms with van der Waals surface area (Å²) in [4.78, 5) is 16.6. The third-order valence-corrected chi connectivity index (χ3v) is 5.47. The van der Waals surface area contributed by atoms with Crippen LogP contribution in [0.5, 0.6) is 0 Å². The minimum absolute atomic E-state index is 0.530. The molecule has 0 N–H and O–H groups in total. The molecular weight excluding hydrogens is 344 g/mol. The van der Waals surface area contributed by atoms with E-state index in [1.807, 2.05) is 24.3 Å². The van der Waals surface area contributed by atoms with Crippen molar-refractivity contribution < 1.29 is 0 Å². The van der Waals surface area contributed by atoms with E-state index < -0.39 is 0 Å². The van der Waals surface area contributed by atoms with E-state index in [1.54, 1.807) is 6.20 Å². The fraction of sp³-hybridized carbons (Fsp3) is 0.208. The summed E-state index contributed by atoms with van der Waals surface area (Å²) in [7, 11) is 0. The minimum atomic E-state index is 0.530. The summed E-state index contributed by atoms with van der Waals surface area (Å²) in [6, 6.07) is 25.0. The smallest absolute Gasteiger partial charge is 0.180 e. The maximum absolute atomic E-state index is 4.98. The molecule has 0 aliphatic carbocycles. The summed E-state index contributed by atoms with van der Waals surface area (Å²) in [5.41, 5.74) is 3.19. The average Bonchev–Trinajstić information content (AvgIpc) is 2.79. The second-order valence-corrected chi connectivity index (χ2v) is 7.30. The van der Waals surface area contributed by atoms with Gasteiger partial charge in [0.15, 0.2) is 5.82 Å². The zero-order valence-electron chi connectivity index (χ0n) is 15.7. The van der Waals surface area contributed by atoms with Crippen molar-refractivity contribution in [1.29, 1.82) is 0 Å². The number of nitrogens with zero attached hydrogens (tertiary/aromatic N) is 4. The van der Waals surface area contributed by atoms with E-state index in [9.17, 15) is 0 Å². The highest BCUT2D eigenvalue weighted by Crippen LogP contribution is 2.33. The largest absolute Gasteiger partial charge is 0.355 e. The van der Waals surface area contributed by atoms with Crippen LogP contribution >= 0.6 is 0 Å². The van der Waals surface area contributed by atoms with Crippen LogP contribution in [0.25, 0.3) is 22.4 Å². The summed E-state index contributed by atoms with van der Waals surface area (Å²) in [6.07, 6.45) is 4.17. The van der Waals surface area contributed by atoms with Gasteiger partial charge >= 0.3 is 0 Å². The van der Waals surface area contributed by atoms with Crippen molar-refractivity contribution in [2.24, 2.45) is 0 Å². The van der Waals surface area contributed by atoms with Crippen LogP contribution in [0.4, 0.5) is 5.82 Å². The van der Waals surface area contributed by atoms with Crippen molar-refractivity contribution in [2.75, 3.05) is 18.0 Å². The number of aromatic nitrogens is 3. The number of hydrogen-bond acceptors (Lipinski definition) is 4. The molecule has 1 atom stereocenters. The van der Waals surface area contributed by atoms with Crippen LogP contribution in [-0.4, -0.2) is 28.0 Å². The van der Waals surface area contributed by atoms with Gasteiger partial charge in [-0.3, -0.25) is 4.98 Å². The molecule has 0 amide bonds. The van der Waals surface area contributed by atoms with Gasteiger partial charge in [-0.05, 0) is 42.7 Å². The first-order valence-corrected chi connectivity index (χ1v) is 9.86. The van der Waals surface area contributed by atoms with Crippen LogP contribution in [0, 0.1) is 0 Å². The maximum Gasteiger partial charge on any atom is 0.180 e. The van der Waals surface area contributed by atoms with Crippen LogP contribution < -0.4 is 4.90 Å². The Labute approximate surface area is 164 Å². The minimum Gasteiger partial charge on any atom is -0.355 e. The monoisotopic (exact) mass is 366 g/mol. The lowest BCUT2D eigenvalue weighted by molar-refractivity contribution is 0.508. The highest BCUT2D eigenvalue weighted by Gasteiger charge is 2.24. The van der Waals surface area contributed by atoms with E-state index >= 15 is 0 Å². The zero-order valence-corrected chi connectivity index (χ0v) is 15.7. The van der Waals surface area contributed by atoms with Gasteiger partial charge in [0.05, 0.1) is 5.52 Å². The Kier molecular flexibility index (Phi) is 4.45. The molecule has 1 aliphatic rings. The molecule has 4 aromatic rings. The van der Waals surface area contributed by atoms with Crippen LogP contribution in [0.2, 0.25) is 0 Å². The van der Waals surface area contributed by atoms with Crippen LogP contribution in [0.3, 0.4) is 0 Å². The van der Waals surface area contributed by atoms with E-state index in [-0.39, 0.29) is 0 Å². The normalized spacial score (nSPS) is 17.0. The van der Waals surface area contributed by atoms with Gasteiger partial charge in [0.1, 0.15) is 11.5 Å². The van der Waals surface area contributed by atoms with Gasteiger partial charge in [-0.15, -0.1) is 0 Å². The predicted molar refractivity (Wildman–Crippen MR) is 113 cm³/mol. The Morgan fingerprint density at radius 2 is 1.64 bits per heavy atom. The Balaban J connectivity index is 1.57. The first-order valence-electron chi connectivity index (χ1n) is 9.86. The maximum atomic E-state index is 4.98. The van der Waals surface area contributed by atoms with Crippen molar-refractivity contribution >= 4 is 16.7 Å². The van der Waals surface area contributed by atoms with Crippen molar-refractivity contribution in [3.63, 3.8) is 0 Å². The molecule has 3 heterocycles. The lowest BCUT2D eigenvalue weighted by Crippen LogP contribution is -2.35. The quantitative estimate of drug-likeness (QED) is 0.507. The lowest BCUT2D eigenvalue weighted by Gasteiger charge is -2.34. The molecule has 0 bridgehead atoms. The fourth-order valence-electron chi connectivity index (χ4n) is 4.08. The number of anilines is 1. The highest BCUT2D eigenvalue weighted by molar-refractivity contribution is 5.91. The number of pyridine rings is 1. The molecule has 4 heteroatoms. The topological polar surface area (TPSA) is 41.9 Å². The molecule has 2 aromatic carbocycles. The van der Waals surface area contributed by atoms with E-state index in [0.717, 1.165) is 41.9 Å². The molecule has 5 rings (SSSR count). The van der Waals surface area contributed by atoms with Crippen LogP contribution in [0.15, 0.2) is 79.0 Å². The molecule has 138 valence electrons. The van der Waals surface area contributed by atoms with Gasteiger partial charge < -0.3 is 4.90 Å². The molecule has 0 spiro atoms. The van der Waals surface area contributed by atoms with E-state index in [4.69, 9.17) is 9.97 Å². The molecule has 0 radical (unpaired) electrons. The van der Waals surface area contributed by atoms with Gasteiger partial charge in [-0.1, -0.05) is 48.5 Å². The first-order chi connectivity index (χ1) is 13.9. The molecular formula is C24H22N4. The number of fused-ring (bicyclic) bond motifs is 1. The van der Waals surface area contributed by atoms with Crippen LogP contribution in [-0.2, 0) is 0 Å². The van der Waals surface area contributed by atoms with E-state index in [2.05, 4.69) is 58.4 Å². The third kappa shape index (κ3) is 3.22. The summed E-state index contributed by atoms with van der Waals surface area (Å²) < 4.78 is 0. The Hall–Kier alpha value is -3.27. The standard InChI is InChI=1S/C24H22N4/c1-2-9-18(10-3-1)19-11-8-16-28(17-19)24-20-12-4-5-13-21(20)26-23(27-24)22-14-6-7-15-25-22/h1-7,9-10,12-15,19H,8,11,16-17H2. The number of piperidine rings is 1. The van der Waals surface area contributed by atoms with E-state index in [0.29, 0.717) is 11.7 Å². The molecule has 0 saturated carbocycles. The highest BCUT2D eigenvalue weighted by atomic mass is 15.2. The van der Waals surface area contributed by atoms with Gasteiger partial charge in [0.25, 0.3) is 0 Å². The summed E-state index contributed by atoms with van der Waals surface area (Å²) in [5.74, 6) is 2.24. The molecule has 28 heavy (non-hydrogen) atoms. The number of para-hydroxylation sites is 1. The van der Waals surface area contributed by atoms with Crippen molar-refractivity contribution in [3.05, 3.63) is 84.6 Å². The zero-order chi connectivity index (χ0) is 18.8. The Bertz CT molecular complexity index is 1080. The van der Waals surface area contributed by atoms with Crippen molar-refractivity contribution in [3.8, 4) is 11.5 Å². The SMILES string of the molecule is c1ccc(C2CCCN(c3nc(-c4ccccn4)nc4ccccc34)C2)cc1. The van der Waals surface area contributed by atoms with Crippen molar-refractivity contribution in [1.82, 2.24) is 15.0 Å². The fourth-order valence-corrected chi connectivity index (χ4v) is 4.08. The molecule has 1 aliphatic heterocycles. The summed E-state index contributed by atoms with van der Waals surface area (Å²) in [5, 5.41) is 1.11. The summed E-state index contributed by atoms with van der Waals surface area (Å²) >= 11 is 0. The molecule has 2 aromatic heterocycles. The van der Waals surface area contributed by atoms with Gasteiger partial charge in [-0.2, -0.15) is 0 Å². The van der Waals surface area contributed by atoms with Crippen LogP contribution in [0.1, 0.15) is 24.3 Å². The third-order valence-electron chi connectivity index (χ3n) is 5.47. The Morgan fingerprint density at radius 3 is 2.50 bits per heavy atom. The molecule has 1 fully saturated rings. The number of hydrogen-bond donors (Lipinski definition) is 0. The number of benzene rings is 2. The second kappa shape index (κ2) is 7.39. The van der Waals surface area contributed by atoms with Gasteiger partial charge in [0.2, 0.25) is 0 Å². The van der Waals surface area contributed by atoms with Gasteiger partial charge in [-0.25, -0.2) is 9.97 Å². The number of rotatable bonds is 3. The molecule has 1 unspecified atom stereocenters. The second-order valence-electron chi connectivity index (χ2n) is 7.30. The molecule has 1 saturated heterocycles. The van der Waals surface area contributed by atoms with Gasteiger partial charge in [0, 0.05) is 30.6 Å². The summed E-state index contributed by atoms with van der Waals surface area (Å²) in [6.45, 7) is 2.00. The predicted octanol–water partition coefficient (Wildman–Crippen LogP) is 5.08.